The van der Waals surface area contributed by atoms with Crippen LogP contribution < -0.4 is 5.73 Å². The lowest BCUT2D eigenvalue weighted by atomic mass is 10.2. The summed E-state index contributed by atoms with van der Waals surface area (Å²) in [7, 11) is 0. The van der Waals surface area contributed by atoms with Gasteiger partial charge in [0.15, 0.2) is 5.82 Å². The molecular weight excluding hydrogens is 180 g/mol. The summed E-state index contributed by atoms with van der Waals surface area (Å²) in [5.74, 6) is 0.345. The highest BCUT2D eigenvalue weighted by Crippen LogP contribution is 2.15. The Bertz CT molecular complexity index is 481. The third-order valence-corrected chi connectivity index (χ3v) is 1.68. The number of nitrogens with two attached hydrogens (primary N) is 1. The number of hydrogen-bond acceptors (Lipinski definition) is 5. The van der Waals surface area contributed by atoms with Crippen LogP contribution in [0.15, 0.2) is 24.7 Å². The standard InChI is InChI=1S/C8H6N6/c9-5-6-7(10)1-2-11-8(6)14-12-3-4-13-14/h1-4H,(H2,10,11). The molecule has 0 aromatic carbocycles. The Morgan fingerprint density at radius 1 is 1.29 bits per heavy atom. The fraction of sp³-hybridized carbons (Fsp3) is 0. The Balaban J connectivity index is 2.66. The molecule has 6 heteroatoms. The van der Waals surface area contributed by atoms with E-state index in [1.807, 2.05) is 6.07 Å². The number of anilines is 1. The quantitative estimate of drug-likeness (QED) is 0.682. The molecule has 2 heterocycles. The van der Waals surface area contributed by atoms with Gasteiger partial charge in [-0.2, -0.15) is 15.5 Å². The van der Waals surface area contributed by atoms with Crippen LogP contribution in [0.4, 0.5) is 5.69 Å². The smallest absolute Gasteiger partial charge is 0.194 e. The molecule has 0 saturated heterocycles. The molecule has 0 spiro atoms. The fourth-order valence-corrected chi connectivity index (χ4v) is 1.06. The lowest BCUT2D eigenvalue weighted by Crippen LogP contribution is -2.06. The second-order valence-electron chi connectivity index (χ2n) is 2.53. The van der Waals surface area contributed by atoms with Gasteiger partial charge < -0.3 is 5.73 Å². The molecule has 2 N–H and O–H groups in total. The topological polar surface area (TPSA) is 93.4 Å². The molecule has 68 valence electrons. The lowest BCUT2D eigenvalue weighted by molar-refractivity contribution is 0.727. The van der Waals surface area contributed by atoms with Crippen molar-refractivity contribution < 1.29 is 0 Å². The minimum atomic E-state index is 0.281. The third kappa shape index (κ3) is 1.17. The van der Waals surface area contributed by atoms with E-state index >= 15 is 0 Å². The molecule has 0 aliphatic heterocycles. The molecule has 0 aliphatic carbocycles. The summed E-state index contributed by atoms with van der Waals surface area (Å²) < 4.78 is 0. The summed E-state index contributed by atoms with van der Waals surface area (Å²) >= 11 is 0. The van der Waals surface area contributed by atoms with E-state index in [9.17, 15) is 0 Å². The predicted molar refractivity (Wildman–Crippen MR) is 48.3 cm³/mol. The van der Waals surface area contributed by atoms with Gasteiger partial charge in [-0.1, -0.05) is 0 Å². The molecule has 2 aromatic heterocycles. The van der Waals surface area contributed by atoms with Crippen molar-refractivity contribution in [2.45, 2.75) is 0 Å². The summed E-state index contributed by atoms with van der Waals surface area (Å²) in [5, 5.41) is 16.6. The highest BCUT2D eigenvalue weighted by Gasteiger charge is 2.09. The van der Waals surface area contributed by atoms with E-state index in [2.05, 4.69) is 15.2 Å². The second kappa shape index (κ2) is 3.14. The Morgan fingerprint density at radius 3 is 2.64 bits per heavy atom. The molecule has 14 heavy (non-hydrogen) atoms. The molecule has 2 rings (SSSR count). The predicted octanol–water partition coefficient (Wildman–Crippen LogP) is 0.116. The van der Waals surface area contributed by atoms with E-state index in [0.29, 0.717) is 11.5 Å². The van der Waals surface area contributed by atoms with Crippen LogP contribution in [-0.4, -0.2) is 20.0 Å². The summed E-state index contributed by atoms with van der Waals surface area (Å²) in [6.45, 7) is 0. The molecule has 0 atom stereocenters. The largest absolute Gasteiger partial charge is 0.397 e. The molecule has 0 bridgehead atoms. The van der Waals surface area contributed by atoms with Crippen molar-refractivity contribution in [2.24, 2.45) is 0 Å². The molecule has 0 fully saturated rings. The monoisotopic (exact) mass is 186 g/mol. The van der Waals surface area contributed by atoms with Crippen LogP contribution in [0.3, 0.4) is 0 Å². The van der Waals surface area contributed by atoms with Gasteiger partial charge in [0.25, 0.3) is 0 Å². The van der Waals surface area contributed by atoms with Crippen LogP contribution in [0.2, 0.25) is 0 Å². The normalized spacial score (nSPS) is 9.64. The number of rotatable bonds is 1. The summed E-state index contributed by atoms with van der Waals surface area (Å²) in [5.41, 5.74) is 6.26. The summed E-state index contributed by atoms with van der Waals surface area (Å²) in [6, 6.07) is 3.52. The Morgan fingerprint density at radius 2 is 2.00 bits per heavy atom. The molecule has 0 saturated carbocycles. The van der Waals surface area contributed by atoms with Crippen LogP contribution in [0, 0.1) is 11.3 Å². The highest BCUT2D eigenvalue weighted by molar-refractivity contribution is 5.60. The van der Waals surface area contributed by atoms with Crippen molar-refractivity contribution >= 4 is 5.69 Å². The third-order valence-electron chi connectivity index (χ3n) is 1.68. The Kier molecular flexibility index (Phi) is 1.84. The first-order valence-corrected chi connectivity index (χ1v) is 3.84. The molecule has 0 unspecified atom stereocenters. The van der Waals surface area contributed by atoms with Crippen molar-refractivity contribution in [2.75, 3.05) is 5.73 Å². The van der Waals surface area contributed by atoms with Crippen molar-refractivity contribution in [3.63, 3.8) is 0 Å². The van der Waals surface area contributed by atoms with Crippen molar-refractivity contribution in [3.8, 4) is 11.9 Å². The van der Waals surface area contributed by atoms with Crippen molar-refractivity contribution in [1.82, 2.24) is 20.0 Å². The van der Waals surface area contributed by atoms with E-state index in [1.165, 1.54) is 23.4 Å². The van der Waals surface area contributed by atoms with Gasteiger partial charge in [0.1, 0.15) is 11.6 Å². The Hall–Kier alpha value is -2.42. The van der Waals surface area contributed by atoms with Gasteiger partial charge in [-0.05, 0) is 6.07 Å². The van der Waals surface area contributed by atoms with E-state index in [0.717, 1.165) is 0 Å². The molecule has 0 amide bonds. The maximum Gasteiger partial charge on any atom is 0.194 e. The first kappa shape index (κ1) is 8.19. The van der Waals surface area contributed by atoms with E-state index < -0.39 is 0 Å². The molecule has 6 nitrogen and oxygen atoms in total. The second-order valence-corrected chi connectivity index (χ2v) is 2.53. The van der Waals surface area contributed by atoms with Gasteiger partial charge in [0.2, 0.25) is 0 Å². The number of nitriles is 1. The molecule has 2 aromatic rings. The van der Waals surface area contributed by atoms with E-state index in [4.69, 9.17) is 11.0 Å². The molecular formula is C8H6N6. The summed E-state index contributed by atoms with van der Waals surface area (Å²) in [4.78, 5) is 5.25. The number of nitrogen functional groups attached to an aromatic ring is 1. The Labute approximate surface area is 79.6 Å². The first-order chi connectivity index (χ1) is 6.83. The van der Waals surface area contributed by atoms with Crippen molar-refractivity contribution in [1.29, 1.82) is 5.26 Å². The van der Waals surface area contributed by atoms with E-state index in [1.54, 1.807) is 6.07 Å². The van der Waals surface area contributed by atoms with Gasteiger partial charge in [-0.25, -0.2) is 4.98 Å². The maximum absolute atomic E-state index is 8.86. The van der Waals surface area contributed by atoms with Gasteiger partial charge in [-0.15, -0.1) is 4.80 Å². The average molecular weight is 186 g/mol. The SMILES string of the molecule is N#Cc1c(N)ccnc1-n1nccn1. The number of aromatic nitrogens is 4. The maximum atomic E-state index is 8.86. The number of hydrogen-bond donors (Lipinski definition) is 1. The van der Waals surface area contributed by atoms with Crippen LogP contribution >= 0.6 is 0 Å². The molecule has 0 radical (unpaired) electrons. The van der Waals surface area contributed by atoms with Crippen LogP contribution in [0.1, 0.15) is 5.56 Å². The lowest BCUT2D eigenvalue weighted by Gasteiger charge is -2.02. The number of pyridine rings is 1. The zero-order valence-electron chi connectivity index (χ0n) is 7.12. The van der Waals surface area contributed by atoms with Crippen LogP contribution in [0.5, 0.6) is 0 Å². The summed E-state index contributed by atoms with van der Waals surface area (Å²) in [6.07, 6.45) is 4.52. The number of nitrogens with zero attached hydrogens (tertiary/aromatic N) is 5. The van der Waals surface area contributed by atoms with Gasteiger partial charge in [-0.3, -0.25) is 0 Å². The first-order valence-electron chi connectivity index (χ1n) is 3.84. The van der Waals surface area contributed by atoms with Crippen LogP contribution in [0.25, 0.3) is 5.82 Å². The minimum Gasteiger partial charge on any atom is -0.397 e. The van der Waals surface area contributed by atoms with Gasteiger partial charge in [0.05, 0.1) is 18.1 Å². The van der Waals surface area contributed by atoms with Gasteiger partial charge in [0, 0.05) is 6.20 Å². The van der Waals surface area contributed by atoms with E-state index in [-0.39, 0.29) is 5.56 Å². The zero-order chi connectivity index (χ0) is 9.97. The average Bonchev–Trinajstić information content (AvgIpc) is 2.70. The van der Waals surface area contributed by atoms with Gasteiger partial charge >= 0.3 is 0 Å². The fourth-order valence-electron chi connectivity index (χ4n) is 1.06. The van der Waals surface area contributed by atoms with Crippen molar-refractivity contribution in [3.05, 3.63) is 30.2 Å². The van der Waals surface area contributed by atoms with Crippen LogP contribution in [-0.2, 0) is 0 Å². The zero-order valence-corrected chi connectivity index (χ0v) is 7.12. The molecule has 0 aliphatic rings. The highest BCUT2D eigenvalue weighted by atomic mass is 15.5. The minimum absolute atomic E-state index is 0.281.